The number of aliphatic hydroxyl groups excluding tert-OH is 5. The lowest BCUT2D eigenvalue weighted by molar-refractivity contribution is -0.302. The summed E-state index contributed by atoms with van der Waals surface area (Å²) in [6, 6.07) is -0.818. The minimum atomic E-state index is -1.57. The number of allylic oxidation sites excluding steroid dienone is 3. The van der Waals surface area contributed by atoms with Crippen LogP contribution in [0.25, 0.3) is 0 Å². The van der Waals surface area contributed by atoms with Crippen molar-refractivity contribution in [3.63, 3.8) is 0 Å². The molecule has 1 amide bonds. The molecule has 7 unspecified atom stereocenters. The van der Waals surface area contributed by atoms with Crippen molar-refractivity contribution in [1.82, 2.24) is 5.32 Å². The molecule has 0 aromatic carbocycles. The van der Waals surface area contributed by atoms with Gasteiger partial charge in [0.05, 0.1) is 25.4 Å². The lowest BCUT2D eigenvalue weighted by Gasteiger charge is -2.40. The van der Waals surface area contributed by atoms with Gasteiger partial charge in [0, 0.05) is 6.42 Å². The van der Waals surface area contributed by atoms with Gasteiger partial charge in [-0.05, 0) is 32.1 Å². The quantitative estimate of drug-likeness (QED) is 0.0261. The third-order valence-electron chi connectivity index (χ3n) is 14.3. The molecule has 7 atom stereocenters. The zero-order chi connectivity index (χ0) is 49.4. The van der Waals surface area contributed by atoms with E-state index in [0.29, 0.717) is 6.42 Å². The van der Waals surface area contributed by atoms with Crippen LogP contribution in [-0.2, 0) is 14.3 Å². The van der Waals surface area contributed by atoms with Crippen molar-refractivity contribution in [2.75, 3.05) is 13.2 Å². The Morgan fingerprint density at radius 1 is 0.485 bits per heavy atom. The number of ether oxygens (including phenoxy) is 2. The number of hydrogen-bond acceptors (Lipinski definition) is 8. The molecule has 402 valence electrons. The summed E-state index contributed by atoms with van der Waals surface area (Å²) >= 11 is 0. The van der Waals surface area contributed by atoms with Gasteiger partial charge in [-0.2, -0.15) is 0 Å². The molecule has 68 heavy (non-hydrogen) atoms. The van der Waals surface area contributed by atoms with Crippen molar-refractivity contribution < 1.29 is 39.8 Å². The van der Waals surface area contributed by atoms with E-state index >= 15 is 0 Å². The summed E-state index contributed by atoms with van der Waals surface area (Å²) in [4.78, 5) is 13.0. The summed E-state index contributed by atoms with van der Waals surface area (Å²) < 4.78 is 11.2. The predicted octanol–water partition coefficient (Wildman–Crippen LogP) is 14.6. The molecule has 1 aliphatic rings. The Hall–Kier alpha value is -1.33. The molecule has 0 bridgehead atoms. The number of unbranched alkanes of at least 4 members (excludes halogenated alkanes) is 39. The van der Waals surface area contributed by atoms with E-state index in [-0.39, 0.29) is 12.5 Å². The van der Waals surface area contributed by atoms with E-state index < -0.39 is 49.5 Å². The fraction of sp³-hybridized carbons (Fsp3) is 0.915. The van der Waals surface area contributed by atoms with Crippen molar-refractivity contribution in [3.05, 3.63) is 24.3 Å². The van der Waals surface area contributed by atoms with E-state index in [1.54, 1.807) is 6.08 Å². The van der Waals surface area contributed by atoms with Crippen LogP contribution >= 0.6 is 0 Å². The Labute approximate surface area is 419 Å². The molecule has 1 rings (SSSR count). The maximum Gasteiger partial charge on any atom is 0.220 e. The van der Waals surface area contributed by atoms with Gasteiger partial charge in [0.1, 0.15) is 24.4 Å². The van der Waals surface area contributed by atoms with Gasteiger partial charge in [-0.1, -0.05) is 276 Å². The van der Waals surface area contributed by atoms with E-state index in [0.717, 1.165) is 38.5 Å². The first kappa shape index (κ1) is 64.7. The van der Waals surface area contributed by atoms with E-state index in [4.69, 9.17) is 9.47 Å². The fourth-order valence-corrected chi connectivity index (χ4v) is 9.59. The Bertz CT molecular complexity index is 1120. The largest absolute Gasteiger partial charge is 0.394 e. The number of hydrogen-bond donors (Lipinski definition) is 6. The molecule has 0 aliphatic carbocycles. The van der Waals surface area contributed by atoms with E-state index in [1.807, 2.05) is 6.08 Å². The molecular weight excluding hydrogens is 851 g/mol. The minimum absolute atomic E-state index is 0.183. The number of amides is 1. The van der Waals surface area contributed by atoms with E-state index in [1.165, 1.54) is 231 Å². The van der Waals surface area contributed by atoms with Crippen molar-refractivity contribution in [2.45, 2.75) is 333 Å². The molecule has 0 spiro atoms. The van der Waals surface area contributed by atoms with Gasteiger partial charge in [-0.25, -0.2) is 0 Å². The average molecular weight is 965 g/mol. The second-order valence-corrected chi connectivity index (χ2v) is 20.8. The van der Waals surface area contributed by atoms with Gasteiger partial charge >= 0.3 is 0 Å². The van der Waals surface area contributed by atoms with Crippen LogP contribution in [0.3, 0.4) is 0 Å². The van der Waals surface area contributed by atoms with Crippen molar-refractivity contribution in [2.24, 2.45) is 0 Å². The number of carbonyl (C=O) groups is 1. The van der Waals surface area contributed by atoms with Crippen LogP contribution in [0.15, 0.2) is 24.3 Å². The van der Waals surface area contributed by atoms with Crippen molar-refractivity contribution >= 4 is 5.91 Å². The molecule has 9 nitrogen and oxygen atoms in total. The molecular formula is C59H113NO8. The summed E-state index contributed by atoms with van der Waals surface area (Å²) in [5, 5.41) is 54.4. The highest BCUT2D eigenvalue weighted by atomic mass is 16.7. The molecule has 1 heterocycles. The molecule has 9 heteroatoms. The molecule has 6 N–H and O–H groups in total. The van der Waals surface area contributed by atoms with Crippen molar-refractivity contribution in [3.8, 4) is 0 Å². The van der Waals surface area contributed by atoms with Gasteiger partial charge < -0.3 is 40.3 Å². The summed E-state index contributed by atoms with van der Waals surface area (Å²) in [6.45, 7) is 3.79. The first-order valence-electron chi connectivity index (χ1n) is 29.6. The first-order valence-corrected chi connectivity index (χ1v) is 29.6. The highest BCUT2D eigenvalue weighted by Crippen LogP contribution is 2.23. The van der Waals surface area contributed by atoms with E-state index in [9.17, 15) is 30.3 Å². The maximum atomic E-state index is 13.0. The van der Waals surface area contributed by atoms with Gasteiger partial charge in [-0.15, -0.1) is 0 Å². The van der Waals surface area contributed by atoms with Crippen LogP contribution in [0.5, 0.6) is 0 Å². The number of carbonyl (C=O) groups excluding carboxylic acids is 1. The number of aliphatic hydroxyl groups is 5. The lowest BCUT2D eigenvalue weighted by Crippen LogP contribution is -2.60. The topological polar surface area (TPSA) is 149 Å². The zero-order valence-electron chi connectivity index (χ0n) is 44.6. The van der Waals surface area contributed by atoms with Gasteiger partial charge in [0.15, 0.2) is 6.29 Å². The SMILES string of the molecule is CCCCCCCCCCCCCCCCCCCCCCCCCCCC/C=C/CC/C=C/C(O)C(COC1OC(CO)C(O)C(O)C1O)NC(=O)CCCCCCCCCCCCCCC. The minimum Gasteiger partial charge on any atom is -0.394 e. The van der Waals surface area contributed by atoms with E-state index in [2.05, 4.69) is 31.3 Å². The average Bonchev–Trinajstić information content (AvgIpc) is 3.34. The third-order valence-corrected chi connectivity index (χ3v) is 14.3. The molecule has 0 saturated carbocycles. The fourth-order valence-electron chi connectivity index (χ4n) is 9.59. The van der Waals surface area contributed by atoms with Crippen LogP contribution in [0.4, 0.5) is 0 Å². The molecule has 1 saturated heterocycles. The summed E-state index contributed by atoms with van der Waals surface area (Å²) in [5.41, 5.74) is 0. The van der Waals surface area contributed by atoms with Crippen LogP contribution < -0.4 is 5.32 Å². The van der Waals surface area contributed by atoms with Crippen LogP contribution in [0.2, 0.25) is 0 Å². The van der Waals surface area contributed by atoms with Crippen molar-refractivity contribution in [1.29, 1.82) is 0 Å². The monoisotopic (exact) mass is 964 g/mol. The third kappa shape index (κ3) is 38.4. The highest BCUT2D eigenvalue weighted by Gasteiger charge is 2.44. The van der Waals surface area contributed by atoms with Crippen LogP contribution in [0, 0.1) is 0 Å². The molecule has 0 aromatic rings. The van der Waals surface area contributed by atoms with Crippen LogP contribution in [-0.4, -0.2) is 87.5 Å². The Kier molecular flexibility index (Phi) is 46.9. The smallest absolute Gasteiger partial charge is 0.220 e. The molecule has 0 aromatic heterocycles. The standard InChI is InChI=1S/C59H113NO8/c1-3-5-7-9-11-13-15-17-18-19-20-21-22-23-24-25-26-27-28-29-30-31-32-33-34-35-37-38-40-42-44-46-48-53(62)52(51-67-59-58(66)57(65)56(64)54(50-61)68-59)60-55(63)49-47-45-43-41-39-36-16-14-12-10-8-6-4-2/h38,40,46,48,52-54,56-59,61-62,64-66H,3-37,39,41-45,47,49-51H2,1-2H3,(H,60,63)/b40-38+,48-46+. The number of nitrogens with one attached hydrogen (secondary N) is 1. The molecule has 1 aliphatic heterocycles. The Balaban J connectivity index is 2.15. The number of rotatable bonds is 51. The molecule has 0 radical (unpaired) electrons. The summed E-state index contributed by atoms with van der Waals surface area (Å²) in [5.74, 6) is -0.183. The zero-order valence-corrected chi connectivity index (χ0v) is 44.6. The maximum absolute atomic E-state index is 13.0. The van der Waals surface area contributed by atoms with Gasteiger partial charge in [0.25, 0.3) is 0 Å². The second kappa shape index (κ2) is 49.3. The second-order valence-electron chi connectivity index (χ2n) is 20.8. The van der Waals surface area contributed by atoms with Crippen LogP contribution in [0.1, 0.15) is 290 Å². The Morgan fingerprint density at radius 3 is 1.24 bits per heavy atom. The predicted molar refractivity (Wildman–Crippen MR) is 286 cm³/mol. The first-order chi connectivity index (χ1) is 33.3. The van der Waals surface area contributed by atoms with Gasteiger partial charge in [0.2, 0.25) is 5.91 Å². The van der Waals surface area contributed by atoms with Gasteiger partial charge in [-0.3, -0.25) is 4.79 Å². The Morgan fingerprint density at radius 2 is 0.838 bits per heavy atom. The molecule has 1 fully saturated rings. The summed E-state index contributed by atoms with van der Waals surface area (Å²) in [6.07, 6.45) is 55.6. The summed E-state index contributed by atoms with van der Waals surface area (Å²) in [7, 11) is 0. The lowest BCUT2D eigenvalue weighted by atomic mass is 9.99. The normalized spacial score (nSPS) is 19.7. The highest BCUT2D eigenvalue weighted by molar-refractivity contribution is 5.76.